The van der Waals surface area contributed by atoms with Crippen molar-refractivity contribution in [1.82, 2.24) is 4.90 Å². The number of hydrogen-bond donors (Lipinski definition) is 1. The first-order chi connectivity index (χ1) is 11.3. The molecular weight excluding hydrogens is 320 g/mol. The van der Waals surface area contributed by atoms with Gasteiger partial charge < -0.3 is 20.1 Å². The second-order valence-corrected chi connectivity index (χ2v) is 14.0. The molecule has 0 radical (unpaired) electrons. The molecule has 0 aliphatic heterocycles. The van der Waals surface area contributed by atoms with E-state index in [-0.39, 0.29) is 12.1 Å². The number of carbonyl (C=O) groups excluding carboxylic acids is 1. The summed E-state index contributed by atoms with van der Waals surface area (Å²) in [5.74, 6) is 0.723. The molecule has 0 aromatic carbocycles. The largest absolute Gasteiger partial charge is 0.450 e. The molecule has 1 rings (SSSR count). The van der Waals surface area contributed by atoms with E-state index in [1.165, 1.54) is 32.1 Å². The quantitative estimate of drug-likeness (QED) is 0.605. The minimum absolute atomic E-state index is 0.0227. The molecule has 142 valence electrons. The summed E-state index contributed by atoms with van der Waals surface area (Å²) in [4.78, 5) is 14.1. The van der Waals surface area contributed by atoms with Crippen LogP contribution in [0.5, 0.6) is 0 Å². The Hall–Kier alpha value is -0.593. The van der Waals surface area contributed by atoms with Crippen LogP contribution in [0.4, 0.5) is 4.79 Å². The van der Waals surface area contributed by atoms with E-state index in [4.69, 9.17) is 15.2 Å². The van der Waals surface area contributed by atoms with Crippen LogP contribution in [0.3, 0.4) is 0 Å². The summed E-state index contributed by atoms with van der Waals surface area (Å²) in [5.41, 5.74) is 6.33. The van der Waals surface area contributed by atoms with Crippen LogP contribution in [-0.2, 0) is 9.47 Å². The zero-order chi connectivity index (χ0) is 18.0. The molecule has 0 heterocycles. The normalized spacial score (nSPS) is 17.5. The smallest absolute Gasteiger partial charge is 0.409 e. The lowest BCUT2D eigenvalue weighted by molar-refractivity contribution is 0.0867. The Morgan fingerprint density at radius 2 is 1.88 bits per heavy atom. The number of nitrogens with zero attached hydrogens (tertiary/aromatic N) is 1. The minimum Gasteiger partial charge on any atom is -0.450 e. The summed E-state index contributed by atoms with van der Waals surface area (Å²) in [6.45, 7) is 8.97. The van der Waals surface area contributed by atoms with Crippen molar-refractivity contribution in [2.75, 3.05) is 33.4 Å². The second kappa shape index (κ2) is 11.1. The lowest BCUT2D eigenvalue weighted by Gasteiger charge is -2.29. The van der Waals surface area contributed by atoms with Crippen molar-refractivity contribution >= 4 is 14.2 Å². The molecule has 1 fully saturated rings. The Kier molecular flexibility index (Phi) is 9.93. The van der Waals surface area contributed by atoms with Crippen LogP contribution in [0.1, 0.15) is 38.5 Å². The molecular formula is C18H38N2O3Si. The predicted octanol–water partition coefficient (Wildman–Crippen LogP) is 3.71. The molecule has 0 saturated heterocycles. The number of methoxy groups -OCH3 is 1. The van der Waals surface area contributed by atoms with Crippen molar-refractivity contribution < 1.29 is 14.3 Å². The van der Waals surface area contributed by atoms with Crippen LogP contribution >= 0.6 is 0 Å². The summed E-state index contributed by atoms with van der Waals surface area (Å²) < 4.78 is 10.6. The lowest BCUT2D eigenvalue weighted by atomic mass is 9.85. The molecule has 5 nitrogen and oxygen atoms in total. The Morgan fingerprint density at radius 3 is 2.46 bits per heavy atom. The molecule has 0 bridgehead atoms. The maximum Gasteiger partial charge on any atom is 0.409 e. The van der Waals surface area contributed by atoms with Crippen LogP contribution in [0.15, 0.2) is 0 Å². The topological polar surface area (TPSA) is 64.8 Å². The van der Waals surface area contributed by atoms with Crippen molar-refractivity contribution in [3.05, 3.63) is 0 Å². The fourth-order valence-electron chi connectivity index (χ4n) is 3.20. The van der Waals surface area contributed by atoms with E-state index < -0.39 is 8.07 Å². The van der Waals surface area contributed by atoms with Crippen molar-refractivity contribution in [2.45, 2.75) is 70.3 Å². The maximum atomic E-state index is 12.4. The highest BCUT2D eigenvalue weighted by Crippen LogP contribution is 2.27. The van der Waals surface area contributed by atoms with E-state index in [0.29, 0.717) is 26.3 Å². The number of amides is 1. The van der Waals surface area contributed by atoms with Crippen molar-refractivity contribution in [3.63, 3.8) is 0 Å². The van der Waals surface area contributed by atoms with Gasteiger partial charge in [0, 0.05) is 34.3 Å². The van der Waals surface area contributed by atoms with Gasteiger partial charge in [0.05, 0.1) is 13.2 Å². The Balaban J connectivity index is 2.42. The van der Waals surface area contributed by atoms with Gasteiger partial charge in [-0.2, -0.15) is 0 Å². The zero-order valence-corrected chi connectivity index (χ0v) is 17.2. The molecule has 0 unspecified atom stereocenters. The van der Waals surface area contributed by atoms with Crippen LogP contribution in [0.25, 0.3) is 0 Å². The van der Waals surface area contributed by atoms with E-state index in [1.807, 2.05) is 0 Å². The highest BCUT2D eigenvalue weighted by molar-refractivity contribution is 6.76. The first-order valence-corrected chi connectivity index (χ1v) is 13.2. The molecule has 1 aliphatic rings. The number of carbonyl (C=O) groups is 1. The number of nitrogens with two attached hydrogens (primary N) is 1. The van der Waals surface area contributed by atoms with Gasteiger partial charge in [-0.15, -0.1) is 0 Å². The molecule has 2 N–H and O–H groups in total. The van der Waals surface area contributed by atoms with Crippen molar-refractivity contribution in [3.8, 4) is 0 Å². The van der Waals surface area contributed by atoms with E-state index in [9.17, 15) is 4.79 Å². The van der Waals surface area contributed by atoms with Crippen LogP contribution in [0, 0.1) is 5.92 Å². The first-order valence-electron chi connectivity index (χ1n) is 9.48. The van der Waals surface area contributed by atoms with Gasteiger partial charge in [0.15, 0.2) is 0 Å². The molecule has 6 heteroatoms. The monoisotopic (exact) mass is 358 g/mol. The molecule has 1 atom stereocenters. The Labute approximate surface area is 149 Å². The van der Waals surface area contributed by atoms with Gasteiger partial charge in [0.2, 0.25) is 0 Å². The average Bonchev–Trinajstić information content (AvgIpc) is 2.51. The molecule has 0 aromatic rings. The van der Waals surface area contributed by atoms with Gasteiger partial charge >= 0.3 is 6.09 Å². The zero-order valence-electron chi connectivity index (χ0n) is 16.2. The summed E-state index contributed by atoms with van der Waals surface area (Å²) >= 11 is 0. The molecule has 0 spiro atoms. The van der Waals surface area contributed by atoms with Gasteiger partial charge in [0.1, 0.15) is 0 Å². The Bertz CT molecular complexity index is 355. The third-order valence-corrected chi connectivity index (χ3v) is 6.42. The van der Waals surface area contributed by atoms with E-state index in [1.54, 1.807) is 12.0 Å². The van der Waals surface area contributed by atoms with Gasteiger partial charge in [-0.25, -0.2) is 4.79 Å². The van der Waals surface area contributed by atoms with Crippen LogP contribution in [-0.4, -0.2) is 58.5 Å². The van der Waals surface area contributed by atoms with Gasteiger partial charge in [0.25, 0.3) is 0 Å². The summed E-state index contributed by atoms with van der Waals surface area (Å²) in [6, 6.07) is 1.01. The first kappa shape index (κ1) is 21.4. The minimum atomic E-state index is -1.19. The van der Waals surface area contributed by atoms with Crippen LogP contribution in [0.2, 0.25) is 25.7 Å². The fourth-order valence-corrected chi connectivity index (χ4v) is 3.92. The predicted molar refractivity (Wildman–Crippen MR) is 102 cm³/mol. The SMILES string of the molecule is COCCN(C[C@@H](N)CC1CCCCC1)C(=O)OCC[Si](C)(C)C. The fraction of sp³-hybridized carbons (Fsp3) is 0.944. The van der Waals surface area contributed by atoms with Gasteiger partial charge in [-0.05, 0) is 18.4 Å². The third-order valence-electron chi connectivity index (χ3n) is 4.72. The maximum absolute atomic E-state index is 12.4. The number of ether oxygens (including phenoxy) is 2. The molecule has 0 aromatic heterocycles. The van der Waals surface area contributed by atoms with Crippen molar-refractivity contribution in [1.29, 1.82) is 0 Å². The van der Waals surface area contributed by atoms with Gasteiger partial charge in [-0.1, -0.05) is 51.7 Å². The van der Waals surface area contributed by atoms with Gasteiger partial charge in [-0.3, -0.25) is 0 Å². The third kappa shape index (κ3) is 9.64. The van der Waals surface area contributed by atoms with E-state index in [2.05, 4.69) is 19.6 Å². The number of rotatable bonds is 10. The molecule has 24 heavy (non-hydrogen) atoms. The standard InChI is InChI=1S/C18H38N2O3Si/c1-22-11-10-20(18(21)23-12-13-24(2,3)4)15-17(19)14-16-8-6-5-7-9-16/h16-17H,5-15,19H2,1-4H3/t17-/m0/s1. The summed E-state index contributed by atoms with van der Waals surface area (Å²) in [5, 5.41) is 0. The average molecular weight is 359 g/mol. The summed E-state index contributed by atoms with van der Waals surface area (Å²) in [7, 11) is 0.459. The van der Waals surface area contributed by atoms with Crippen LogP contribution < -0.4 is 5.73 Å². The highest BCUT2D eigenvalue weighted by atomic mass is 28.3. The summed E-state index contributed by atoms with van der Waals surface area (Å²) in [6.07, 6.45) is 7.33. The second-order valence-electron chi connectivity index (χ2n) is 8.36. The lowest BCUT2D eigenvalue weighted by Crippen LogP contribution is -2.44. The van der Waals surface area contributed by atoms with E-state index >= 15 is 0 Å². The van der Waals surface area contributed by atoms with Crippen molar-refractivity contribution in [2.24, 2.45) is 11.7 Å². The molecule has 1 aliphatic carbocycles. The molecule has 1 saturated carbocycles. The Morgan fingerprint density at radius 1 is 1.21 bits per heavy atom. The van der Waals surface area contributed by atoms with E-state index in [0.717, 1.165) is 18.4 Å². The number of hydrogen-bond acceptors (Lipinski definition) is 4. The molecule has 1 amide bonds. The highest BCUT2D eigenvalue weighted by Gasteiger charge is 2.22.